The molecule has 1 atom stereocenters. The molecule has 0 radical (unpaired) electrons. The van der Waals surface area contributed by atoms with E-state index in [0.29, 0.717) is 17.9 Å². The van der Waals surface area contributed by atoms with E-state index in [0.717, 1.165) is 17.9 Å². The van der Waals surface area contributed by atoms with Crippen molar-refractivity contribution in [3.63, 3.8) is 0 Å². The molecule has 2 aromatic rings. The fraction of sp³-hybridized carbons (Fsp3) is 0.316. The Labute approximate surface area is 137 Å². The standard InChI is InChI=1S/C19H22N2O2/c1-4-20-14(2)13-21(18-11-6-5-10-17(18)20)19(22)15-8-7-9-16(12-15)23-3/h5-12,14H,4,13H2,1-3H3. The van der Waals surface area contributed by atoms with Crippen molar-refractivity contribution in [3.05, 3.63) is 54.1 Å². The quantitative estimate of drug-likeness (QED) is 0.869. The van der Waals surface area contributed by atoms with Gasteiger partial charge in [0.2, 0.25) is 0 Å². The Bertz CT molecular complexity index is 714. The van der Waals surface area contributed by atoms with Crippen molar-refractivity contribution in [2.75, 3.05) is 30.0 Å². The number of likely N-dealkylation sites (N-methyl/N-ethyl adjacent to an activating group) is 1. The van der Waals surface area contributed by atoms with Gasteiger partial charge in [-0.2, -0.15) is 0 Å². The van der Waals surface area contributed by atoms with E-state index in [2.05, 4.69) is 24.8 Å². The zero-order chi connectivity index (χ0) is 16.4. The number of carbonyl (C=O) groups excluding carboxylic acids is 1. The first-order valence-electron chi connectivity index (χ1n) is 7.97. The molecule has 120 valence electrons. The monoisotopic (exact) mass is 310 g/mol. The Morgan fingerprint density at radius 3 is 2.61 bits per heavy atom. The minimum Gasteiger partial charge on any atom is -0.497 e. The fourth-order valence-corrected chi connectivity index (χ4v) is 3.22. The molecule has 3 rings (SSSR count). The van der Waals surface area contributed by atoms with Crippen molar-refractivity contribution in [2.45, 2.75) is 19.9 Å². The lowest BCUT2D eigenvalue weighted by atomic mass is 10.1. The summed E-state index contributed by atoms with van der Waals surface area (Å²) < 4.78 is 5.24. The summed E-state index contributed by atoms with van der Waals surface area (Å²) in [7, 11) is 1.61. The molecule has 0 bridgehead atoms. The topological polar surface area (TPSA) is 32.8 Å². The lowest BCUT2D eigenvalue weighted by Gasteiger charge is -2.42. The summed E-state index contributed by atoms with van der Waals surface area (Å²) in [4.78, 5) is 17.2. The minimum atomic E-state index is 0.0129. The van der Waals surface area contributed by atoms with Crippen molar-refractivity contribution in [2.24, 2.45) is 0 Å². The second-order valence-electron chi connectivity index (χ2n) is 5.77. The number of para-hydroxylation sites is 2. The molecule has 1 heterocycles. The number of carbonyl (C=O) groups is 1. The zero-order valence-electron chi connectivity index (χ0n) is 13.8. The van der Waals surface area contributed by atoms with Gasteiger partial charge >= 0.3 is 0 Å². The van der Waals surface area contributed by atoms with Crippen LogP contribution in [0.4, 0.5) is 11.4 Å². The van der Waals surface area contributed by atoms with E-state index in [9.17, 15) is 4.79 Å². The van der Waals surface area contributed by atoms with Gasteiger partial charge in [-0.1, -0.05) is 18.2 Å². The Hall–Kier alpha value is -2.49. The molecular weight excluding hydrogens is 288 g/mol. The van der Waals surface area contributed by atoms with Crippen molar-refractivity contribution < 1.29 is 9.53 Å². The van der Waals surface area contributed by atoms with Gasteiger partial charge in [0.05, 0.1) is 18.5 Å². The molecule has 0 spiro atoms. The molecule has 0 saturated heterocycles. The van der Waals surface area contributed by atoms with Gasteiger partial charge in [-0.3, -0.25) is 4.79 Å². The van der Waals surface area contributed by atoms with Crippen LogP contribution < -0.4 is 14.5 Å². The third-order valence-corrected chi connectivity index (χ3v) is 4.36. The highest BCUT2D eigenvalue weighted by Gasteiger charge is 2.30. The normalized spacial score (nSPS) is 16.9. The lowest BCUT2D eigenvalue weighted by molar-refractivity contribution is 0.0984. The fourth-order valence-electron chi connectivity index (χ4n) is 3.22. The maximum Gasteiger partial charge on any atom is 0.258 e. The molecule has 1 amide bonds. The van der Waals surface area contributed by atoms with Crippen molar-refractivity contribution >= 4 is 17.3 Å². The Morgan fingerprint density at radius 2 is 1.91 bits per heavy atom. The largest absolute Gasteiger partial charge is 0.497 e. The number of anilines is 2. The minimum absolute atomic E-state index is 0.0129. The summed E-state index contributed by atoms with van der Waals surface area (Å²) in [6, 6.07) is 15.7. The number of benzene rings is 2. The summed E-state index contributed by atoms with van der Waals surface area (Å²) in [6.07, 6.45) is 0. The van der Waals surface area contributed by atoms with Crippen LogP contribution in [-0.4, -0.2) is 32.1 Å². The van der Waals surface area contributed by atoms with Gasteiger partial charge in [-0.25, -0.2) is 0 Å². The number of nitrogens with zero attached hydrogens (tertiary/aromatic N) is 2. The number of ether oxygens (including phenoxy) is 1. The van der Waals surface area contributed by atoms with Gasteiger partial charge in [-0.15, -0.1) is 0 Å². The first-order chi connectivity index (χ1) is 11.2. The van der Waals surface area contributed by atoms with Gasteiger partial charge in [0.25, 0.3) is 5.91 Å². The van der Waals surface area contributed by atoms with Gasteiger partial charge in [-0.05, 0) is 44.2 Å². The van der Waals surface area contributed by atoms with Gasteiger partial charge in [0, 0.05) is 24.7 Å². The highest BCUT2D eigenvalue weighted by atomic mass is 16.5. The van der Waals surface area contributed by atoms with Gasteiger partial charge in [0.15, 0.2) is 0 Å². The predicted octanol–water partition coefficient (Wildman–Crippen LogP) is 3.57. The number of rotatable bonds is 3. The Balaban J connectivity index is 2.00. The maximum absolute atomic E-state index is 13.0. The van der Waals surface area contributed by atoms with Crippen LogP contribution in [-0.2, 0) is 0 Å². The Morgan fingerprint density at radius 1 is 1.17 bits per heavy atom. The molecule has 23 heavy (non-hydrogen) atoms. The molecule has 0 aliphatic carbocycles. The first-order valence-corrected chi connectivity index (χ1v) is 7.97. The number of amides is 1. The summed E-state index contributed by atoms with van der Waals surface area (Å²) in [6.45, 7) is 5.92. The first kappa shape index (κ1) is 15.4. The third kappa shape index (κ3) is 2.77. The van der Waals surface area contributed by atoms with Crippen molar-refractivity contribution in [1.29, 1.82) is 0 Å². The smallest absolute Gasteiger partial charge is 0.258 e. The molecule has 2 aromatic carbocycles. The summed E-state index contributed by atoms with van der Waals surface area (Å²) >= 11 is 0. The molecular formula is C19H22N2O2. The number of hydrogen-bond donors (Lipinski definition) is 0. The predicted molar refractivity (Wildman–Crippen MR) is 93.6 cm³/mol. The summed E-state index contributed by atoms with van der Waals surface area (Å²) in [5.41, 5.74) is 2.74. The van der Waals surface area contributed by atoms with Crippen LogP contribution in [0.15, 0.2) is 48.5 Å². The summed E-state index contributed by atoms with van der Waals surface area (Å²) in [5, 5.41) is 0. The van der Waals surface area contributed by atoms with E-state index in [1.807, 2.05) is 41.3 Å². The van der Waals surface area contributed by atoms with Crippen LogP contribution in [0, 0.1) is 0 Å². The maximum atomic E-state index is 13.0. The molecule has 4 heteroatoms. The second kappa shape index (κ2) is 6.32. The molecule has 0 fully saturated rings. The van der Waals surface area contributed by atoms with E-state index < -0.39 is 0 Å². The van der Waals surface area contributed by atoms with Crippen LogP contribution in [0.1, 0.15) is 24.2 Å². The number of methoxy groups -OCH3 is 1. The van der Waals surface area contributed by atoms with Crippen LogP contribution in [0.25, 0.3) is 0 Å². The van der Waals surface area contributed by atoms with E-state index in [1.54, 1.807) is 13.2 Å². The molecule has 1 aliphatic heterocycles. The van der Waals surface area contributed by atoms with Gasteiger partial charge < -0.3 is 14.5 Å². The molecule has 4 nitrogen and oxygen atoms in total. The van der Waals surface area contributed by atoms with E-state index in [-0.39, 0.29) is 11.9 Å². The van der Waals surface area contributed by atoms with Crippen LogP contribution in [0.2, 0.25) is 0 Å². The SMILES string of the molecule is CCN1c2ccccc2N(C(=O)c2cccc(OC)c2)CC1C. The highest BCUT2D eigenvalue weighted by molar-refractivity contribution is 6.08. The van der Waals surface area contributed by atoms with Gasteiger partial charge in [0.1, 0.15) is 5.75 Å². The van der Waals surface area contributed by atoms with Crippen LogP contribution >= 0.6 is 0 Å². The highest BCUT2D eigenvalue weighted by Crippen LogP contribution is 2.36. The van der Waals surface area contributed by atoms with Crippen molar-refractivity contribution in [1.82, 2.24) is 0 Å². The molecule has 0 saturated carbocycles. The Kier molecular flexibility index (Phi) is 4.24. The van der Waals surface area contributed by atoms with Crippen LogP contribution in [0.3, 0.4) is 0 Å². The average Bonchev–Trinajstić information content (AvgIpc) is 2.60. The van der Waals surface area contributed by atoms with Crippen molar-refractivity contribution in [3.8, 4) is 5.75 Å². The molecule has 1 aliphatic rings. The molecule has 0 aromatic heterocycles. The molecule has 1 unspecified atom stereocenters. The molecule has 0 N–H and O–H groups in total. The zero-order valence-corrected chi connectivity index (χ0v) is 13.8. The lowest BCUT2D eigenvalue weighted by Crippen LogP contribution is -2.49. The number of hydrogen-bond acceptors (Lipinski definition) is 3. The number of fused-ring (bicyclic) bond motifs is 1. The third-order valence-electron chi connectivity index (χ3n) is 4.36. The van der Waals surface area contributed by atoms with E-state index >= 15 is 0 Å². The van der Waals surface area contributed by atoms with E-state index in [1.165, 1.54) is 0 Å². The summed E-state index contributed by atoms with van der Waals surface area (Å²) in [5.74, 6) is 0.711. The van der Waals surface area contributed by atoms with Crippen LogP contribution in [0.5, 0.6) is 5.75 Å². The second-order valence-corrected chi connectivity index (χ2v) is 5.77. The van der Waals surface area contributed by atoms with E-state index in [4.69, 9.17) is 4.74 Å². The average molecular weight is 310 g/mol.